The molecular weight excluding hydrogens is 290 g/mol. The van der Waals surface area contributed by atoms with Crippen LogP contribution in [-0.2, 0) is 0 Å². The normalized spacial score (nSPS) is 11.2. The molecule has 0 radical (unpaired) electrons. The molecule has 5 nitrogen and oxygen atoms in total. The van der Waals surface area contributed by atoms with Gasteiger partial charge in [-0.1, -0.05) is 36.4 Å². The summed E-state index contributed by atoms with van der Waals surface area (Å²) < 4.78 is 4.80. The van der Waals surface area contributed by atoms with Crippen molar-refractivity contribution in [1.82, 2.24) is 4.98 Å². The van der Waals surface area contributed by atoms with Crippen LogP contribution in [0.4, 0.5) is 11.7 Å². The first-order valence-corrected chi connectivity index (χ1v) is 6.54. The number of nitrogens with zero attached hydrogens (tertiary/aromatic N) is 1. The number of halogens is 1. The van der Waals surface area contributed by atoms with Gasteiger partial charge in [-0.2, -0.15) is 4.98 Å². The lowest BCUT2D eigenvalue weighted by Gasteiger charge is -2.09. The zero-order valence-electron chi connectivity index (χ0n) is 11.4. The molecule has 0 bridgehead atoms. The number of anilines is 2. The molecule has 0 saturated carbocycles. The van der Waals surface area contributed by atoms with Gasteiger partial charge in [0.15, 0.2) is 5.69 Å². The molecule has 3 N–H and O–H groups in total. The van der Waals surface area contributed by atoms with E-state index in [9.17, 15) is 4.79 Å². The summed E-state index contributed by atoms with van der Waals surface area (Å²) in [4.78, 5) is 15.8. The van der Waals surface area contributed by atoms with Crippen molar-refractivity contribution < 1.29 is 9.21 Å². The Hall–Kier alpha value is -2.53. The molecular formula is C15H14ClN3O2. The van der Waals surface area contributed by atoms with Crippen molar-refractivity contribution in [3.05, 3.63) is 59.5 Å². The van der Waals surface area contributed by atoms with Crippen LogP contribution in [-0.4, -0.2) is 10.9 Å². The number of oxazole rings is 1. The van der Waals surface area contributed by atoms with Gasteiger partial charge in [-0.15, -0.1) is 0 Å². The Bertz CT molecular complexity index is 719. The van der Waals surface area contributed by atoms with Crippen molar-refractivity contribution in [1.29, 1.82) is 0 Å². The Morgan fingerprint density at radius 2 is 2.29 bits per heavy atom. The largest absolute Gasteiger partial charge is 0.431 e. The Morgan fingerprint density at radius 3 is 2.86 bits per heavy atom. The highest BCUT2D eigenvalue weighted by Crippen LogP contribution is 2.27. The maximum Gasteiger partial charge on any atom is 0.292 e. The van der Waals surface area contributed by atoms with E-state index in [-0.39, 0.29) is 11.7 Å². The summed E-state index contributed by atoms with van der Waals surface area (Å²) >= 11 is 6.10. The van der Waals surface area contributed by atoms with Gasteiger partial charge in [0.2, 0.25) is 0 Å². The SMILES string of the molecule is C=C/C(=C\C)c1ccc(Cl)c(NC(=O)c2coc(N)n2)c1. The van der Waals surface area contributed by atoms with Crippen molar-refractivity contribution in [2.24, 2.45) is 0 Å². The maximum absolute atomic E-state index is 12.0. The van der Waals surface area contributed by atoms with Crippen LogP contribution in [0.5, 0.6) is 0 Å². The number of rotatable bonds is 4. The first-order valence-electron chi connectivity index (χ1n) is 6.16. The summed E-state index contributed by atoms with van der Waals surface area (Å²) in [5.41, 5.74) is 7.73. The molecule has 0 saturated heterocycles. The van der Waals surface area contributed by atoms with Crippen LogP contribution < -0.4 is 11.1 Å². The fourth-order valence-electron chi connectivity index (χ4n) is 1.78. The number of carbonyl (C=O) groups is 1. The number of hydrogen-bond donors (Lipinski definition) is 2. The molecule has 1 aromatic carbocycles. The van der Waals surface area contributed by atoms with Crippen LogP contribution in [0, 0.1) is 0 Å². The van der Waals surface area contributed by atoms with E-state index in [0.29, 0.717) is 10.7 Å². The van der Waals surface area contributed by atoms with Crippen molar-refractivity contribution >= 4 is 34.8 Å². The molecule has 0 aliphatic carbocycles. The molecule has 6 heteroatoms. The number of carbonyl (C=O) groups excluding carboxylic acids is 1. The molecule has 0 spiro atoms. The van der Waals surface area contributed by atoms with E-state index in [2.05, 4.69) is 16.9 Å². The number of allylic oxidation sites excluding steroid dienone is 3. The Kier molecular flexibility index (Phi) is 4.45. The number of benzene rings is 1. The predicted molar refractivity (Wildman–Crippen MR) is 84.2 cm³/mol. The van der Waals surface area contributed by atoms with Crippen LogP contribution in [0.15, 0.2) is 47.6 Å². The van der Waals surface area contributed by atoms with Crippen LogP contribution >= 0.6 is 11.6 Å². The highest BCUT2D eigenvalue weighted by atomic mass is 35.5. The van der Waals surface area contributed by atoms with Gasteiger partial charge in [0.25, 0.3) is 11.9 Å². The smallest absolute Gasteiger partial charge is 0.292 e. The van der Waals surface area contributed by atoms with Gasteiger partial charge in [0, 0.05) is 0 Å². The predicted octanol–water partition coefficient (Wildman–Crippen LogP) is 3.75. The van der Waals surface area contributed by atoms with Crippen LogP contribution in [0.1, 0.15) is 23.0 Å². The Morgan fingerprint density at radius 1 is 1.52 bits per heavy atom. The molecule has 2 aromatic rings. The van der Waals surface area contributed by atoms with E-state index in [4.69, 9.17) is 21.8 Å². The minimum Gasteiger partial charge on any atom is -0.431 e. The fourth-order valence-corrected chi connectivity index (χ4v) is 1.95. The van der Waals surface area contributed by atoms with Crippen LogP contribution in [0.3, 0.4) is 0 Å². The first kappa shape index (κ1) is 14.9. The monoisotopic (exact) mass is 303 g/mol. The first-order chi connectivity index (χ1) is 10.0. The quantitative estimate of drug-likeness (QED) is 0.843. The second-order valence-electron chi connectivity index (χ2n) is 4.17. The molecule has 1 amide bonds. The van der Waals surface area contributed by atoms with Gasteiger partial charge in [-0.3, -0.25) is 4.79 Å². The van der Waals surface area contributed by atoms with Gasteiger partial charge in [-0.25, -0.2) is 0 Å². The summed E-state index contributed by atoms with van der Waals surface area (Å²) in [5, 5.41) is 3.09. The van der Waals surface area contributed by atoms with Crippen molar-refractivity contribution in [3.8, 4) is 0 Å². The lowest BCUT2D eigenvalue weighted by molar-refractivity contribution is 0.102. The summed E-state index contributed by atoms with van der Waals surface area (Å²) in [6.07, 6.45) is 4.83. The molecule has 1 aromatic heterocycles. The number of hydrogen-bond acceptors (Lipinski definition) is 4. The third-order valence-corrected chi connectivity index (χ3v) is 3.16. The van der Waals surface area contributed by atoms with Gasteiger partial charge >= 0.3 is 0 Å². The minimum absolute atomic E-state index is 0.0668. The number of nitrogen functional groups attached to an aromatic ring is 1. The Balaban J connectivity index is 2.29. The van der Waals surface area contributed by atoms with Gasteiger partial charge in [0.1, 0.15) is 6.26 Å². The lowest BCUT2D eigenvalue weighted by Crippen LogP contribution is -2.13. The topological polar surface area (TPSA) is 81.2 Å². The zero-order chi connectivity index (χ0) is 15.4. The molecule has 2 rings (SSSR count). The third kappa shape index (κ3) is 3.32. The lowest BCUT2D eigenvalue weighted by atomic mass is 10.1. The average Bonchev–Trinajstić information content (AvgIpc) is 2.90. The van der Waals surface area contributed by atoms with Gasteiger partial charge in [0.05, 0.1) is 10.7 Å². The Labute approximate surface area is 127 Å². The average molecular weight is 304 g/mol. The number of aromatic nitrogens is 1. The summed E-state index contributed by atoms with van der Waals surface area (Å²) in [7, 11) is 0. The maximum atomic E-state index is 12.0. The molecule has 0 unspecified atom stereocenters. The molecule has 108 valence electrons. The van der Waals surface area contributed by atoms with Crippen molar-refractivity contribution in [2.75, 3.05) is 11.1 Å². The van der Waals surface area contributed by atoms with E-state index in [1.165, 1.54) is 6.26 Å². The summed E-state index contributed by atoms with van der Waals surface area (Å²) in [6, 6.07) is 5.25. The van der Waals surface area contributed by atoms with E-state index >= 15 is 0 Å². The van der Waals surface area contributed by atoms with E-state index in [1.54, 1.807) is 18.2 Å². The highest BCUT2D eigenvalue weighted by molar-refractivity contribution is 6.34. The number of amides is 1. The second kappa shape index (κ2) is 6.28. The number of nitrogens with two attached hydrogens (primary N) is 1. The molecule has 0 aliphatic rings. The van der Waals surface area contributed by atoms with E-state index in [1.807, 2.05) is 19.1 Å². The minimum atomic E-state index is -0.449. The molecule has 0 fully saturated rings. The van der Waals surface area contributed by atoms with Crippen LogP contribution in [0.25, 0.3) is 5.57 Å². The fraction of sp³-hybridized carbons (Fsp3) is 0.0667. The van der Waals surface area contributed by atoms with Crippen molar-refractivity contribution in [3.63, 3.8) is 0 Å². The van der Waals surface area contributed by atoms with E-state index < -0.39 is 5.91 Å². The molecule has 0 aliphatic heterocycles. The summed E-state index contributed by atoms with van der Waals surface area (Å²) in [6.45, 7) is 5.65. The third-order valence-electron chi connectivity index (χ3n) is 2.83. The highest BCUT2D eigenvalue weighted by Gasteiger charge is 2.13. The second-order valence-corrected chi connectivity index (χ2v) is 4.58. The molecule has 21 heavy (non-hydrogen) atoms. The van der Waals surface area contributed by atoms with E-state index in [0.717, 1.165) is 11.1 Å². The van der Waals surface area contributed by atoms with Crippen LogP contribution in [0.2, 0.25) is 5.02 Å². The van der Waals surface area contributed by atoms with Gasteiger partial charge in [-0.05, 0) is 30.2 Å². The van der Waals surface area contributed by atoms with Gasteiger partial charge < -0.3 is 15.5 Å². The number of nitrogens with one attached hydrogen (secondary N) is 1. The summed E-state index contributed by atoms with van der Waals surface area (Å²) in [5.74, 6) is -0.449. The molecule has 0 atom stereocenters. The van der Waals surface area contributed by atoms with Crippen molar-refractivity contribution in [2.45, 2.75) is 6.92 Å². The zero-order valence-corrected chi connectivity index (χ0v) is 12.1. The standard InChI is InChI=1S/C15H14ClN3O2/c1-3-9(4-2)10-5-6-11(16)12(7-10)18-14(20)13-8-21-15(17)19-13/h3-8H,1H2,2H3,(H2,17,19)(H,18,20)/b9-4+. The molecule has 1 heterocycles.